The molecule has 2 rings (SSSR count). The van der Waals surface area contributed by atoms with Gasteiger partial charge in [0.1, 0.15) is 12.4 Å². The summed E-state index contributed by atoms with van der Waals surface area (Å²) in [6.45, 7) is 8.12. The van der Waals surface area contributed by atoms with E-state index in [4.69, 9.17) is 4.74 Å². The van der Waals surface area contributed by atoms with E-state index in [1.165, 1.54) is 0 Å². The number of carbonyl (C=O) groups is 2. The minimum atomic E-state index is -0.0314. The molecule has 2 amide bonds. The predicted octanol–water partition coefficient (Wildman–Crippen LogP) is 1.26. The third-order valence-electron chi connectivity index (χ3n) is 4.23. The Morgan fingerprint density at radius 1 is 1.25 bits per heavy atom. The van der Waals surface area contributed by atoms with E-state index in [1.807, 2.05) is 43.0 Å². The molecular weight excluding hydrogens is 306 g/mol. The lowest BCUT2D eigenvalue weighted by Crippen LogP contribution is -2.39. The van der Waals surface area contributed by atoms with E-state index in [-0.39, 0.29) is 11.8 Å². The molecule has 132 valence electrons. The van der Waals surface area contributed by atoms with Crippen LogP contribution in [0.3, 0.4) is 0 Å². The highest BCUT2D eigenvalue weighted by Gasteiger charge is 2.19. The number of ether oxygens (including phenoxy) is 1. The number of hydrogen-bond donors (Lipinski definition) is 1. The summed E-state index contributed by atoms with van der Waals surface area (Å²) in [5.74, 6) is 0.856. The minimum Gasteiger partial charge on any atom is -0.491 e. The molecule has 0 aliphatic carbocycles. The Morgan fingerprint density at radius 3 is 2.75 bits per heavy atom. The number of nitrogens with zero attached hydrogens (tertiary/aromatic N) is 2. The van der Waals surface area contributed by atoms with Gasteiger partial charge in [-0.05, 0) is 19.2 Å². The first-order valence-corrected chi connectivity index (χ1v) is 8.61. The number of likely N-dealkylation sites (N-methyl/N-ethyl adjacent to an activating group) is 1. The molecule has 1 aromatic carbocycles. The van der Waals surface area contributed by atoms with Crippen molar-refractivity contribution in [3.63, 3.8) is 0 Å². The van der Waals surface area contributed by atoms with Crippen LogP contribution in [-0.4, -0.2) is 60.9 Å². The predicted molar refractivity (Wildman–Crippen MR) is 92.8 cm³/mol. The summed E-state index contributed by atoms with van der Waals surface area (Å²) in [5, 5.41) is 2.83. The molecule has 0 spiro atoms. The number of rotatable bonds is 7. The maximum Gasteiger partial charge on any atom is 0.234 e. The zero-order chi connectivity index (χ0) is 17.4. The molecule has 0 saturated heterocycles. The Kier molecular flexibility index (Phi) is 7.06. The van der Waals surface area contributed by atoms with E-state index < -0.39 is 0 Å². The van der Waals surface area contributed by atoms with Crippen LogP contribution in [0.1, 0.15) is 25.8 Å². The second-order valence-electron chi connectivity index (χ2n) is 5.83. The van der Waals surface area contributed by atoms with Crippen molar-refractivity contribution in [2.75, 3.05) is 39.3 Å². The van der Waals surface area contributed by atoms with Crippen LogP contribution in [0.4, 0.5) is 0 Å². The van der Waals surface area contributed by atoms with E-state index in [2.05, 4.69) is 5.32 Å². The van der Waals surface area contributed by atoms with Crippen molar-refractivity contribution < 1.29 is 14.3 Å². The van der Waals surface area contributed by atoms with Gasteiger partial charge in [-0.3, -0.25) is 14.5 Å². The van der Waals surface area contributed by atoms with Crippen LogP contribution in [0.2, 0.25) is 0 Å². The lowest BCUT2D eigenvalue weighted by Gasteiger charge is -2.20. The fourth-order valence-electron chi connectivity index (χ4n) is 2.71. The number of fused-ring (bicyclic) bond motifs is 1. The maximum absolute atomic E-state index is 12.4. The van der Waals surface area contributed by atoms with Gasteiger partial charge < -0.3 is 15.0 Å². The molecule has 6 heteroatoms. The van der Waals surface area contributed by atoms with Gasteiger partial charge in [-0.15, -0.1) is 0 Å². The molecule has 0 bridgehead atoms. The van der Waals surface area contributed by atoms with Crippen molar-refractivity contribution in [3.05, 3.63) is 29.8 Å². The largest absolute Gasteiger partial charge is 0.491 e. The van der Waals surface area contributed by atoms with Gasteiger partial charge in [0.15, 0.2) is 0 Å². The lowest BCUT2D eigenvalue weighted by molar-refractivity contribution is -0.132. The molecule has 0 saturated carbocycles. The van der Waals surface area contributed by atoms with Crippen LogP contribution >= 0.6 is 0 Å². The molecule has 1 aliphatic heterocycles. The topological polar surface area (TPSA) is 61.9 Å². The van der Waals surface area contributed by atoms with E-state index >= 15 is 0 Å². The van der Waals surface area contributed by atoms with E-state index in [0.29, 0.717) is 39.2 Å². The fraction of sp³-hybridized carbons (Fsp3) is 0.556. The third kappa shape index (κ3) is 5.23. The molecule has 0 unspecified atom stereocenters. The second kappa shape index (κ2) is 9.27. The monoisotopic (exact) mass is 333 g/mol. The number of carbonyl (C=O) groups excluding carboxylic acids is 2. The van der Waals surface area contributed by atoms with Gasteiger partial charge in [0.25, 0.3) is 0 Å². The van der Waals surface area contributed by atoms with Gasteiger partial charge in [-0.2, -0.15) is 0 Å². The van der Waals surface area contributed by atoms with Crippen molar-refractivity contribution in [3.8, 4) is 5.75 Å². The third-order valence-corrected chi connectivity index (χ3v) is 4.23. The number of amides is 2. The lowest BCUT2D eigenvalue weighted by atomic mass is 10.2. The molecule has 1 aromatic rings. The zero-order valence-electron chi connectivity index (χ0n) is 14.6. The Morgan fingerprint density at radius 2 is 2.00 bits per heavy atom. The van der Waals surface area contributed by atoms with Crippen molar-refractivity contribution in [1.29, 1.82) is 0 Å². The van der Waals surface area contributed by atoms with Gasteiger partial charge in [0, 0.05) is 25.1 Å². The van der Waals surface area contributed by atoms with Crippen LogP contribution in [0.15, 0.2) is 24.3 Å². The van der Waals surface area contributed by atoms with Gasteiger partial charge >= 0.3 is 0 Å². The Bertz CT molecular complexity index is 558. The normalized spacial score (nSPS) is 13.9. The highest BCUT2D eigenvalue weighted by atomic mass is 16.5. The van der Waals surface area contributed by atoms with Gasteiger partial charge in [0.2, 0.25) is 11.8 Å². The van der Waals surface area contributed by atoms with Crippen LogP contribution in [0, 0.1) is 0 Å². The summed E-state index contributed by atoms with van der Waals surface area (Å²) < 4.78 is 5.67. The molecular formula is C18H27N3O3. The quantitative estimate of drug-likeness (QED) is 0.816. The highest BCUT2D eigenvalue weighted by molar-refractivity contribution is 5.80. The van der Waals surface area contributed by atoms with Crippen molar-refractivity contribution in [2.45, 2.75) is 26.8 Å². The Hall–Kier alpha value is -2.08. The fourth-order valence-corrected chi connectivity index (χ4v) is 2.71. The van der Waals surface area contributed by atoms with E-state index in [0.717, 1.165) is 24.4 Å². The van der Waals surface area contributed by atoms with Crippen LogP contribution < -0.4 is 10.1 Å². The van der Waals surface area contributed by atoms with Crippen LogP contribution in [0.25, 0.3) is 0 Å². The average molecular weight is 333 g/mol. The first-order valence-electron chi connectivity index (χ1n) is 8.61. The van der Waals surface area contributed by atoms with Gasteiger partial charge in [-0.25, -0.2) is 0 Å². The Labute approximate surface area is 143 Å². The van der Waals surface area contributed by atoms with Crippen molar-refractivity contribution in [2.24, 2.45) is 0 Å². The van der Waals surface area contributed by atoms with Gasteiger partial charge in [0.05, 0.1) is 13.1 Å². The molecule has 0 radical (unpaired) electrons. The summed E-state index contributed by atoms with van der Waals surface area (Å²) in [4.78, 5) is 28.1. The molecule has 0 fully saturated rings. The number of benzene rings is 1. The molecule has 1 heterocycles. The Balaban J connectivity index is 1.77. The molecule has 24 heavy (non-hydrogen) atoms. The van der Waals surface area contributed by atoms with Crippen molar-refractivity contribution in [1.82, 2.24) is 15.1 Å². The van der Waals surface area contributed by atoms with E-state index in [9.17, 15) is 9.59 Å². The highest BCUT2D eigenvalue weighted by Crippen LogP contribution is 2.22. The summed E-state index contributed by atoms with van der Waals surface area (Å²) in [6, 6.07) is 7.79. The first kappa shape index (κ1) is 18.3. The van der Waals surface area contributed by atoms with Crippen LogP contribution in [0.5, 0.6) is 5.75 Å². The van der Waals surface area contributed by atoms with E-state index in [1.54, 1.807) is 4.90 Å². The SMILES string of the molecule is CCN(CC)CC(=O)NCCC(=O)N1CCOc2ccccc2C1. The smallest absolute Gasteiger partial charge is 0.234 e. The molecule has 6 nitrogen and oxygen atoms in total. The summed E-state index contributed by atoms with van der Waals surface area (Å²) in [7, 11) is 0. The second-order valence-corrected chi connectivity index (χ2v) is 5.83. The van der Waals surface area contributed by atoms with Crippen molar-refractivity contribution >= 4 is 11.8 Å². The number of hydrogen-bond acceptors (Lipinski definition) is 4. The molecule has 0 atom stereocenters. The average Bonchev–Trinajstić information content (AvgIpc) is 2.82. The number of para-hydroxylation sites is 1. The molecule has 0 aromatic heterocycles. The van der Waals surface area contributed by atoms with Crippen LogP contribution in [-0.2, 0) is 16.1 Å². The summed E-state index contributed by atoms with van der Waals surface area (Å²) in [6.07, 6.45) is 0.312. The number of nitrogens with one attached hydrogen (secondary N) is 1. The molecule has 1 N–H and O–H groups in total. The van der Waals surface area contributed by atoms with Gasteiger partial charge in [-0.1, -0.05) is 32.0 Å². The maximum atomic E-state index is 12.4. The summed E-state index contributed by atoms with van der Waals surface area (Å²) in [5.41, 5.74) is 1.02. The summed E-state index contributed by atoms with van der Waals surface area (Å²) >= 11 is 0. The molecule has 1 aliphatic rings. The zero-order valence-corrected chi connectivity index (χ0v) is 14.6. The standard InChI is InChI=1S/C18H27N3O3/c1-3-20(4-2)14-17(22)19-10-9-18(23)21-11-12-24-16-8-6-5-7-15(16)13-21/h5-8H,3-4,9-14H2,1-2H3,(H,19,22). The minimum absolute atomic E-state index is 0.0314. The first-order chi connectivity index (χ1) is 11.6.